The number of nitrogens with two attached hydrogens (primary N) is 1. The summed E-state index contributed by atoms with van der Waals surface area (Å²) in [7, 11) is 0. The number of nitrogens with one attached hydrogen (secondary N) is 1. The Bertz CT molecular complexity index is 1460. The van der Waals surface area contributed by atoms with E-state index in [1.807, 2.05) is 32.2 Å². The largest absolute Gasteiger partial charge is 0.396 e. The van der Waals surface area contributed by atoms with Crippen molar-refractivity contribution in [3.63, 3.8) is 0 Å². The minimum atomic E-state index is -0.460. The van der Waals surface area contributed by atoms with Gasteiger partial charge in [0.15, 0.2) is 0 Å². The number of likely N-dealkylation sites (tertiary alicyclic amines) is 1. The Hall–Kier alpha value is -3.07. The fourth-order valence-electron chi connectivity index (χ4n) is 5.47. The third kappa shape index (κ3) is 6.08. The van der Waals surface area contributed by atoms with Crippen LogP contribution >= 0.6 is 0 Å². The second kappa shape index (κ2) is 10.8. The van der Waals surface area contributed by atoms with Gasteiger partial charge in [0.1, 0.15) is 5.82 Å². The average molecular weight is 535 g/mol. The van der Waals surface area contributed by atoms with Gasteiger partial charge in [-0.05, 0) is 91.1 Å². The maximum atomic E-state index is 15.0. The Kier molecular flexibility index (Phi) is 7.64. The lowest BCUT2D eigenvalue weighted by Crippen LogP contribution is -2.42. The number of fused-ring (bicyclic) bond motifs is 1. The van der Waals surface area contributed by atoms with Crippen LogP contribution in [0.25, 0.3) is 21.9 Å². The van der Waals surface area contributed by atoms with Crippen molar-refractivity contribution in [1.82, 2.24) is 14.8 Å². The summed E-state index contributed by atoms with van der Waals surface area (Å²) in [5, 5.41) is 14.2. The molecule has 2 fully saturated rings. The van der Waals surface area contributed by atoms with Crippen molar-refractivity contribution < 1.29 is 14.3 Å². The van der Waals surface area contributed by atoms with Crippen LogP contribution in [-0.2, 0) is 13.1 Å². The molecular weight excluding hydrogens is 495 g/mol. The highest BCUT2D eigenvalue weighted by molar-refractivity contribution is 5.97. The number of halogens is 1. The molecule has 8 heteroatoms. The van der Waals surface area contributed by atoms with Crippen LogP contribution in [0.15, 0.2) is 41.3 Å². The van der Waals surface area contributed by atoms with E-state index in [-0.39, 0.29) is 30.2 Å². The van der Waals surface area contributed by atoms with Crippen LogP contribution in [-0.4, -0.2) is 52.3 Å². The SMILES string of the molecule is Cc1c(F)cc(C(=O)NC2CC2)cc1-c1ccc2c(=O)n(CC(C)(C)CO)cc(CN3CCC[C@@H](N)C3)c2c1. The minimum Gasteiger partial charge on any atom is -0.396 e. The van der Waals surface area contributed by atoms with Gasteiger partial charge in [-0.15, -0.1) is 0 Å². The van der Waals surface area contributed by atoms with E-state index in [4.69, 9.17) is 5.73 Å². The third-order valence-corrected chi connectivity index (χ3v) is 7.96. The second-order valence-electron chi connectivity index (χ2n) is 12.2. The van der Waals surface area contributed by atoms with Crippen molar-refractivity contribution in [2.45, 2.75) is 71.6 Å². The molecule has 1 saturated heterocycles. The highest BCUT2D eigenvalue weighted by Gasteiger charge is 2.25. The number of carbonyl (C=O) groups is 1. The fourth-order valence-corrected chi connectivity index (χ4v) is 5.47. The summed E-state index contributed by atoms with van der Waals surface area (Å²) in [6.07, 6.45) is 5.83. The first-order valence-electron chi connectivity index (χ1n) is 13.9. The van der Waals surface area contributed by atoms with E-state index in [0.29, 0.717) is 35.2 Å². The molecule has 7 nitrogen and oxygen atoms in total. The van der Waals surface area contributed by atoms with Crippen molar-refractivity contribution in [1.29, 1.82) is 0 Å². The monoisotopic (exact) mass is 534 g/mol. The summed E-state index contributed by atoms with van der Waals surface area (Å²) in [6.45, 7) is 8.26. The van der Waals surface area contributed by atoms with Gasteiger partial charge in [0, 0.05) is 60.9 Å². The molecule has 2 aromatic carbocycles. The molecule has 1 atom stereocenters. The number of hydrogen-bond donors (Lipinski definition) is 3. The van der Waals surface area contributed by atoms with Gasteiger partial charge in [0.2, 0.25) is 0 Å². The van der Waals surface area contributed by atoms with Gasteiger partial charge in [0.05, 0.1) is 0 Å². The first-order chi connectivity index (χ1) is 18.5. The van der Waals surface area contributed by atoms with Crippen molar-refractivity contribution >= 4 is 16.7 Å². The lowest BCUT2D eigenvalue weighted by molar-refractivity contribution is 0.0950. The molecule has 1 aliphatic carbocycles. The van der Waals surface area contributed by atoms with Gasteiger partial charge < -0.3 is 20.7 Å². The number of benzene rings is 2. The highest BCUT2D eigenvalue weighted by atomic mass is 19.1. The molecular formula is C31H39FN4O3. The normalized spacial score (nSPS) is 18.5. The Morgan fingerprint density at radius 3 is 2.64 bits per heavy atom. The molecule has 1 amide bonds. The Morgan fingerprint density at radius 2 is 1.95 bits per heavy atom. The Labute approximate surface area is 228 Å². The zero-order valence-corrected chi connectivity index (χ0v) is 23.1. The number of aromatic nitrogens is 1. The van der Waals surface area contributed by atoms with E-state index in [1.54, 1.807) is 23.6 Å². The fraction of sp³-hybridized carbons (Fsp3) is 0.484. The van der Waals surface area contributed by atoms with Gasteiger partial charge in [-0.25, -0.2) is 4.39 Å². The molecule has 1 saturated carbocycles. The summed E-state index contributed by atoms with van der Waals surface area (Å²) >= 11 is 0. The van der Waals surface area contributed by atoms with E-state index in [9.17, 15) is 14.7 Å². The average Bonchev–Trinajstić information content (AvgIpc) is 3.72. The van der Waals surface area contributed by atoms with Gasteiger partial charge in [-0.1, -0.05) is 19.9 Å². The number of hydrogen-bond acceptors (Lipinski definition) is 5. The molecule has 2 heterocycles. The molecule has 1 aromatic heterocycles. The van der Waals surface area contributed by atoms with Crippen molar-refractivity contribution in [3.05, 3.63) is 69.4 Å². The van der Waals surface area contributed by atoms with Crippen molar-refractivity contribution in [2.24, 2.45) is 11.1 Å². The molecule has 2 aliphatic rings. The van der Waals surface area contributed by atoms with E-state index >= 15 is 4.39 Å². The summed E-state index contributed by atoms with van der Waals surface area (Å²) < 4.78 is 16.7. The number of amides is 1. The zero-order valence-electron chi connectivity index (χ0n) is 23.1. The molecule has 0 radical (unpaired) electrons. The summed E-state index contributed by atoms with van der Waals surface area (Å²) in [4.78, 5) is 28.6. The predicted octanol–water partition coefficient (Wildman–Crippen LogP) is 3.95. The number of rotatable bonds is 8. The van der Waals surface area contributed by atoms with Gasteiger partial charge in [0.25, 0.3) is 11.5 Å². The van der Waals surface area contributed by atoms with Crippen LogP contribution in [0.2, 0.25) is 0 Å². The number of aliphatic hydroxyl groups is 1. The summed E-state index contributed by atoms with van der Waals surface area (Å²) in [5.74, 6) is -0.701. The number of aliphatic hydroxyl groups excluding tert-OH is 1. The standard InChI is InChI=1S/C31H39FN4O3/c1-19-26(12-21(13-28(19)32)29(38)34-24-7-8-24)20-6-9-25-27(11-20)22(14-35-10-4-5-23(33)16-35)15-36(30(25)39)17-31(2,3)18-37/h6,9,11-13,15,23-24,37H,4-5,7-8,10,14,16-18,33H2,1-3H3,(H,34,38)/t23-/m1/s1. The second-order valence-corrected chi connectivity index (χ2v) is 12.2. The first kappa shape index (κ1) is 27.5. The predicted molar refractivity (Wildman–Crippen MR) is 152 cm³/mol. The van der Waals surface area contributed by atoms with Gasteiger partial charge >= 0.3 is 0 Å². The molecule has 208 valence electrons. The minimum absolute atomic E-state index is 0.0395. The molecule has 1 aliphatic heterocycles. The molecule has 4 N–H and O–H groups in total. The molecule has 0 unspecified atom stereocenters. The maximum Gasteiger partial charge on any atom is 0.258 e. The number of piperidine rings is 1. The van der Waals surface area contributed by atoms with Crippen molar-refractivity contribution in [3.8, 4) is 11.1 Å². The number of carbonyl (C=O) groups excluding carboxylic acids is 1. The third-order valence-electron chi connectivity index (χ3n) is 7.96. The molecule has 5 rings (SSSR count). The van der Waals surface area contributed by atoms with E-state index in [0.717, 1.165) is 55.3 Å². The molecule has 0 spiro atoms. The molecule has 3 aromatic rings. The van der Waals surface area contributed by atoms with E-state index in [1.165, 1.54) is 6.07 Å². The lowest BCUT2D eigenvalue weighted by Gasteiger charge is -2.31. The quantitative estimate of drug-likeness (QED) is 0.406. The summed E-state index contributed by atoms with van der Waals surface area (Å²) in [5.41, 5.74) is 8.79. The van der Waals surface area contributed by atoms with Crippen LogP contribution in [0.1, 0.15) is 61.0 Å². The molecule has 0 bridgehead atoms. The molecule has 39 heavy (non-hydrogen) atoms. The summed E-state index contributed by atoms with van der Waals surface area (Å²) in [6, 6.07) is 8.91. The lowest BCUT2D eigenvalue weighted by atomic mass is 9.93. The van der Waals surface area contributed by atoms with Gasteiger partial charge in [-0.3, -0.25) is 14.5 Å². The van der Waals surface area contributed by atoms with Gasteiger partial charge in [-0.2, -0.15) is 0 Å². The Balaban J connectivity index is 1.61. The first-order valence-corrected chi connectivity index (χ1v) is 13.9. The van der Waals surface area contributed by atoms with E-state index in [2.05, 4.69) is 10.2 Å². The van der Waals surface area contributed by atoms with Crippen LogP contribution in [0.4, 0.5) is 4.39 Å². The van der Waals surface area contributed by atoms with Crippen molar-refractivity contribution in [2.75, 3.05) is 19.7 Å². The maximum absolute atomic E-state index is 15.0. The smallest absolute Gasteiger partial charge is 0.258 e. The Morgan fingerprint density at radius 1 is 1.18 bits per heavy atom. The van der Waals surface area contributed by atoms with Crippen LogP contribution in [0.5, 0.6) is 0 Å². The zero-order chi connectivity index (χ0) is 27.9. The number of pyridine rings is 1. The highest BCUT2D eigenvalue weighted by Crippen LogP contribution is 2.31. The van der Waals surface area contributed by atoms with Crippen LogP contribution in [0.3, 0.4) is 0 Å². The number of nitrogens with zero attached hydrogens (tertiary/aromatic N) is 2. The topological polar surface area (TPSA) is 101 Å². The van der Waals surface area contributed by atoms with E-state index < -0.39 is 11.2 Å². The van der Waals surface area contributed by atoms with Crippen LogP contribution < -0.4 is 16.6 Å². The van der Waals surface area contributed by atoms with Crippen LogP contribution in [0, 0.1) is 18.2 Å².